The Morgan fingerprint density at radius 2 is 1.66 bits per heavy atom. The van der Waals surface area contributed by atoms with E-state index in [9.17, 15) is 12.8 Å². The van der Waals surface area contributed by atoms with E-state index in [0.717, 1.165) is 10.9 Å². The van der Waals surface area contributed by atoms with Crippen LogP contribution in [0.3, 0.4) is 0 Å². The highest BCUT2D eigenvalue weighted by Gasteiger charge is 2.19. The number of aromatic nitrogens is 2. The largest absolute Gasteiger partial charge is 0.490 e. The van der Waals surface area contributed by atoms with Crippen molar-refractivity contribution >= 4 is 32.5 Å². The van der Waals surface area contributed by atoms with Gasteiger partial charge in [0.25, 0.3) is 0 Å². The number of hydrogen-bond donors (Lipinski definition) is 1. The van der Waals surface area contributed by atoms with Gasteiger partial charge in [-0.2, -0.15) is 5.10 Å². The minimum atomic E-state index is -3.79. The van der Waals surface area contributed by atoms with Crippen molar-refractivity contribution in [1.82, 2.24) is 14.5 Å². The summed E-state index contributed by atoms with van der Waals surface area (Å²) in [6, 6.07) is 24.2. The fourth-order valence-electron chi connectivity index (χ4n) is 3.82. The van der Waals surface area contributed by atoms with Crippen LogP contribution in [0.5, 0.6) is 17.2 Å². The number of sulfonamides is 1. The molecule has 0 aliphatic carbocycles. The molecule has 1 heterocycles. The van der Waals surface area contributed by atoms with Gasteiger partial charge in [0.05, 0.1) is 33.4 Å². The van der Waals surface area contributed by atoms with Gasteiger partial charge in [0.15, 0.2) is 0 Å². The highest BCUT2D eigenvalue weighted by Crippen LogP contribution is 2.31. The topological polar surface area (TPSA) is 82.5 Å². The van der Waals surface area contributed by atoms with Crippen LogP contribution in [0.2, 0.25) is 5.02 Å². The van der Waals surface area contributed by atoms with Crippen molar-refractivity contribution in [3.8, 4) is 22.9 Å². The molecule has 5 aromatic rings. The standard InChI is InChI=1S/C28H23ClFN3O4S/c1-19(32-38(34,35)25-13-11-24(12-14-25)37-23-5-3-2-4-6-23)18-36-28-15-20-17-31-33(27(20)16-26(28)29)22-9-7-21(30)8-10-22/h2-17,19,32H,18H2,1H3/t19-/m0/s1. The van der Waals surface area contributed by atoms with E-state index in [1.807, 2.05) is 30.3 Å². The number of nitrogens with one attached hydrogen (secondary N) is 1. The van der Waals surface area contributed by atoms with E-state index in [-0.39, 0.29) is 17.3 Å². The Bertz CT molecular complexity index is 1660. The second-order valence-corrected chi connectivity index (χ2v) is 10.7. The number of hydrogen-bond acceptors (Lipinski definition) is 5. The molecule has 194 valence electrons. The fraction of sp³-hybridized carbons (Fsp3) is 0.107. The van der Waals surface area contributed by atoms with Crippen LogP contribution < -0.4 is 14.2 Å². The molecule has 0 fully saturated rings. The van der Waals surface area contributed by atoms with Crippen LogP contribution in [0, 0.1) is 5.82 Å². The van der Waals surface area contributed by atoms with Gasteiger partial charge in [0.2, 0.25) is 10.0 Å². The van der Waals surface area contributed by atoms with Gasteiger partial charge in [-0.15, -0.1) is 0 Å². The van der Waals surface area contributed by atoms with Crippen molar-refractivity contribution in [2.45, 2.75) is 17.9 Å². The van der Waals surface area contributed by atoms with Crippen molar-refractivity contribution < 1.29 is 22.3 Å². The first-order chi connectivity index (χ1) is 18.3. The highest BCUT2D eigenvalue weighted by molar-refractivity contribution is 7.89. The summed E-state index contributed by atoms with van der Waals surface area (Å²) in [5.41, 5.74) is 1.41. The number of nitrogens with zero attached hydrogens (tertiary/aromatic N) is 2. The summed E-state index contributed by atoms with van der Waals surface area (Å²) < 4.78 is 54.8. The molecule has 0 spiro atoms. The molecule has 1 atom stereocenters. The van der Waals surface area contributed by atoms with Gasteiger partial charge in [0.1, 0.15) is 29.7 Å². The predicted octanol–water partition coefficient (Wildman–Crippen LogP) is 6.36. The van der Waals surface area contributed by atoms with E-state index in [1.54, 1.807) is 54.2 Å². The average molecular weight is 552 g/mol. The van der Waals surface area contributed by atoms with E-state index in [2.05, 4.69) is 9.82 Å². The molecule has 5 rings (SSSR count). The third-order valence-electron chi connectivity index (χ3n) is 5.65. The molecule has 10 heteroatoms. The van der Waals surface area contributed by atoms with E-state index in [0.29, 0.717) is 28.0 Å². The lowest BCUT2D eigenvalue weighted by Crippen LogP contribution is -2.36. The van der Waals surface area contributed by atoms with Crippen LogP contribution in [0.15, 0.2) is 102 Å². The van der Waals surface area contributed by atoms with Crippen LogP contribution >= 0.6 is 11.6 Å². The molecule has 1 aromatic heterocycles. The molecule has 0 radical (unpaired) electrons. The zero-order valence-corrected chi connectivity index (χ0v) is 21.8. The van der Waals surface area contributed by atoms with Gasteiger partial charge in [-0.05, 0) is 79.7 Å². The average Bonchev–Trinajstić information content (AvgIpc) is 3.31. The zero-order chi connectivity index (χ0) is 26.7. The zero-order valence-electron chi connectivity index (χ0n) is 20.2. The third kappa shape index (κ3) is 5.80. The highest BCUT2D eigenvalue weighted by atomic mass is 35.5. The first-order valence-electron chi connectivity index (χ1n) is 11.7. The van der Waals surface area contributed by atoms with E-state index < -0.39 is 16.1 Å². The maximum absolute atomic E-state index is 13.3. The van der Waals surface area contributed by atoms with Crippen LogP contribution in [0.4, 0.5) is 4.39 Å². The van der Waals surface area contributed by atoms with Crippen molar-refractivity contribution in [1.29, 1.82) is 0 Å². The molecule has 0 saturated heterocycles. The van der Waals surface area contributed by atoms with E-state index >= 15 is 0 Å². The molecule has 7 nitrogen and oxygen atoms in total. The number of ether oxygens (including phenoxy) is 2. The van der Waals surface area contributed by atoms with E-state index in [4.69, 9.17) is 21.1 Å². The maximum Gasteiger partial charge on any atom is 0.240 e. The molecule has 0 aliphatic rings. The number of halogens is 2. The van der Waals surface area contributed by atoms with Crippen molar-refractivity contribution in [3.63, 3.8) is 0 Å². The molecule has 0 amide bonds. The Morgan fingerprint density at radius 1 is 0.974 bits per heavy atom. The third-order valence-corrected chi connectivity index (χ3v) is 7.55. The summed E-state index contributed by atoms with van der Waals surface area (Å²) in [4.78, 5) is 0.109. The lowest BCUT2D eigenvalue weighted by molar-refractivity contribution is 0.288. The summed E-state index contributed by atoms with van der Waals surface area (Å²) in [5.74, 6) is 1.25. The van der Waals surface area contributed by atoms with Gasteiger partial charge < -0.3 is 9.47 Å². The lowest BCUT2D eigenvalue weighted by atomic mass is 10.2. The maximum atomic E-state index is 13.3. The molecular formula is C28H23ClFN3O4S. The molecular weight excluding hydrogens is 529 g/mol. The number of rotatable bonds is 9. The van der Waals surface area contributed by atoms with Crippen LogP contribution in [0.1, 0.15) is 6.92 Å². The molecule has 0 saturated carbocycles. The smallest absolute Gasteiger partial charge is 0.240 e. The Hall–Kier alpha value is -3.92. The lowest BCUT2D eigenvalue weighted by Gasteiger charge is -2.16. The summed E-state index contributed by atoms with van der Waals surface area (Å²) in [7, 11) is -3.79. The van der Waals surface area contributed by atoms with Gasteiger partial charge in [-0.3, -0.25) is 0 Å². The summed E-state index contributed by atoms with van der Waals surface area (Å²) in [6.07, 6.45) is 1.65. The van der Waals surface area contributed by atoms with Gasteiger partial charge in [-0.1, -0.05) is 29.8 Å². The summed E-state index contributed by atoms with van der Waals surface area (Å²) in [5, 5.41) is 5.47. The quantitative estimate of drug-likeness (QED) is 0.231. The van der Waals surface area contributed by atoms with Crippen molar-refractivity contribution in [3.05, 3.63) is 108 Å². The Balaban J connectivity index is 1.23. The Kier molecular flexibility index (Phi) is 7.33. The Morgan fingerprint density at radius 3 is 2.37 bits per heavy atom. The molecule has 38 heavy (non-hydrogen) atoms. The second-order valence-electron chi connectivity index (χ2n) is 8.59. The molecule has 0 aliphatic heterocycles. The van der Waals surface area contributed by atoms with Crippen LogP contribution in [-0.4, -0.2) is 30.8 Å². The summed E-state index contributed by atoms with van der Waals surface area (Å²) in [6.45, 7) is 1.75. The fourth-order valence-corrected chi connectivity index (χ4v) is 5.26. The van der Waals surface area contributed by atoms with Crippen LogP contribution in [-0.2, 0) is 10.0 Å². The summed E-state index contributed by atoms with van der Waals surface area (Å²) >= 11 is 6.45. The second kappa shape index (κ2) is 10.8. The van der Waals surface area contributed by atoms with Crippen molar-refractivity contribution in [2.75, 3.05) is 6.61 Å². The molecule has 4 aromatic carbocycles. The monoisotopic (exact) mass is 551 g/mol. The SMILES string of the molecule is C[C@@H](COc1cc2cnn(-c3ccc(F)cc3)c2cc1Cl)NS(=O)(=O)c1ccc(Oc2ccccc2)cc1. The van der Waals surface area contributed by atoms with Crippen molar-refractivity contribution in [2.24, 2.45) is 0 Å². The molecule has 1 N–H and O–H groups in total. The Labute approximate surface area is 224 Å². The minimum absolute atomic E-state index is 0.0474. The normalized spacial score (nSPS) is 12.4. The minimum Gasteiger partial charge on any atom is -0.490 e. The van der Waals surface area contributed by atoms with Crippen LogP contribution in [0.25, 0.3) is 16.6 Å². The first-order valence-corrected chi connectivity index (χ1v) is 13.6. The number of benzene rings is 4. The number of fused-ring (bicyclic) bond motifs is 1. The first kappa shape index (κ1) is 25.7. The van der Waals surface area contributed by atoms with E-state index in [1.165, 1.54) is 24.3 Å². The molecule has 0 bridgehead atoms. The number of para-hydroxylation sites is 1. The van der Waals surface area contributed by atoms with Gasteiger partial charge in [0, 0.05) is 5.39 Å². The van der Waals surface area contributed by atoms with Gasteiger partial charge in [-0.25, -0.2) is 22.2 Å². The van der Waals surface area contributed by atoms with Gasteiger partial charge >= 0.3 is 0 Å². The molecule has 0 unspecified atom stereocenters. The predicted molar refractivity (Wildman–Crippen MR) is 144 cm³/mol.